The maximum Gasteiger partial charge on any atom is 0.244 e. The molecule has 3 rings (SSSR count). The molecule has 0 aliphatic heterocycles. The molecule has 0 radical (unpaired) electrons. The first-order chi connectivity index (χ1) is 19.0. The zero-order chi connectivity index (χ0) is 29.3. The van der Waals surface area contributed by atoms with Crippen LogP contribution in [0.15, 0.2) is 72.8 Å². The molecule has 0 aromatic heterocycles. The quantitative estimate of drug-likeness (QED) is 0.238. The van der Waals surface area contributed by atoms with Crippen molar-refractivity contribution in [2.75, 3.05) is 23.7 Å². The first-order valence-corrected chi connectivity index (χ1v) is 15.8. The molecule has 2 amide bonds. The number of nitrogens with zero attached hydrogens (tertiary/aromatic N) is 2. The Balaban J connectivity index is 2.06. The van der Waals surface area contributed by atoms with E-state index in [2.05, 4.69) is 5.32 Å². The second-order valence-electron chi connectivity index (χ2n) is 9.34. The largest absolute Gasteiger partial charge is 0.354 e. The summed E-state index contributed by atoms with van der Waals surface area (Å²) in [6.07, 6.45) is 2.87. The van der Waals surface area contributed by atoms with Crippen molar-refractivity contribution in [1.29, 1.82) is 0 Å². The van der Waals surface area contributed by atoms with E-state index in [9.17, 15) is 18.0 Å². The van der Waals surface area contributed by atoms with Crippen LogP contribution in [0.2, 0.25) is 15.1 Å². The third-order valence-electron chi connectivity index (χ3n) is 6.22. The van der Waals surface area contributed by atoms with E-state index in [1.165, 1.54) is 17.0 Å². The minimum absolute atomic E-state index is 0.00178. The van der Waals surface area contributed by atoms with Gasteiger partial charge in [-0.2, -0.15) is 0 Å². The molecule has 0 heterocycles. The van der Waals surface area contributed by atoms with Gasteiger partial charge in [0, 0.05) is 24.5 Å². The third-order valence-corrected chi connectivity index (χ3v) is 8.39. The molecule has 0 saturated heterocycles. The molecule has 0 aliphatic carbocycles. The predicted octanol–water partition coefficient (Wildman–Crippen LogP) is 5.97. The number of rotatable bonds is 13. The van der Waals surface area contributed by atoms with E-state index in [1.807, 2.05) is 37.3 Å². The van der Waals surface area contributed by atoms with Gasteiger partial charge >= 0.3 is 0 Å². The number of nitrogens with one attached hydrogen (secondary N) is 1. The first kappa shape index (κ1) is 31.7. The van der Waals surface area contributed by atoms with Crippen molar-refractivity contribution in [1.82, 2.24) is 10.2 Å². The molecule has 0 spiro atoms. The minimum atomic E-state index is -3.97. The van der Waals surface area contributed by atoms with E-state index in [1.54, 1.807) is 30.3 Å². The standard InChI is InChI=1S/C29H32Cl3N3O4S/c1-3-4-16-33-29(37)26(18-21-10-6-5-7-11-21)34(19-22-12-8-13-23(30)17-22)27(36)20-35(40(2,38)39)25-15-9-14-24(31)28(25)32/h5-15,17,26H,3-4,16,18-20H2,1-2H3,(H,33,37)/t26-/m0/s1. The van der Waals surface area contributed by atoms with Crippen molar-refractivity contribution < 1.29 is 18.0 Å². The van der Waals surface area contributed by atoms with Gasteiger partial charge in [-0.15, -0.1) is 0 Å². The topological polar surface area (TPSA) is 86.8 Å². The van der Waals surface area contributed by atoms with Crippen LogP contribution in [0.25, 0.3) is 0 Å². The van der Waals surface area contributed by atoms with Gasteiger partial charge in [-0.3, -0.25) is 13.9 Å². The molecule has 1 N–H and O–H groups in total. The molecule has 0 saturated carbocycles. The van der Waals surface area contributed by atoms with E-state index < -0.39 is 28.5 Å². The van der Waals surface area contributed by atoms with Crippen molar-refractivity contribution >= 4 is 62.3 Å². The Morgan fingerprint density at radius 3 is 2.25 bits per heavy atom. The second-order valence-corrected chi connectivity index (χ2v) is 12.5. The van der Waals surface area contributed by atoms with Gasteiger partial charge in [-0.05, 0) is 41.8 Å². The molecular weight excluding hydrogens is 593 g/mol. The zero-order valence-corrected chi connectivity index (χ0v) is 25.4. The lowest BCUT2D eigenvalue weighted by Crippen LogP contribution is -2.53. The maximum atomic E-state index is 14.1. The lowest BCUT2D eigenvalue weighted by molar-refractivity contribution is -0.140. The number of hydrogen-bond donors (Lipinski definition) is 1. The summed E-state index contributed by atoms with van der Waals surface area (Å²) in [5.41, 5.74) is 1.60. The number of anilines is 1. The lowest BCUT2D eigenvalue weighted by atomic mass is 10.0. The van der Waals surface area contributed by atoms with Crippen molar-refractivity contribution in [3.8, 4) is 0 Å². The maximum absolute atomic E-state index is 14.1. The van der Waals surface area contributed by atoms with Gasteiger partial charge in [0.25, 0.3) is 0 Å². The van der Waals surface area contributed by atoms with Gasteiger partial charge in [0.05, 0.1) is 22.0 Å². The normalized spacial score (nSPS) is 12.0. The van der Waals surface area contributed by atoms with Crippen LogP contribution in [0.3, 0.4) is 0 Å². The van der Waals surface area contributed by atoms with Gasteiger partial charge in [0.2, 0.25) is 21.8 Å². The number of sulfonamides is 1. The number of carbonyl (C=O) groups excluding carboxylic acids is 2. The molecule has 40 heavy (non-hydrogen) atoms. The number of carbonyl (C=O) groups is 2. The number of benzene rings is 3. The summed E-state index contributed by atoms with van der Waals surface area (Å²) in [6.45, 7) is 1.91. The Labute approximate surface area is 251 Å². The van der Waals surface area contributed by atoms with Gasteiger partial charge < -0.3 is 10.2 Å². The fraction of sp³-hybridized carbons (Fsp3) is 0.310. The van der Waals surface area contributed by atoms with Crippen LogP contribution in [0.4, 0.5) is 5.69 Å². The van der Waals surface area contributed by atoms with Crippen LogP contribution in [0.5, 0.6) is 0 Å². The summed E-state index contributed by atoms with van der Waals surface area (Å²) < 4.78 is 26.7. The van der Waals surface area contributed by atoms with E-state index in [0.717, 1.165) is 29.0 Å². The molecule has 11 heteroatoms. The molecule has 3 aromatic carbocycles. The molecule has 1 atom stereocenters. The van der Waals surface area contributed by atoms with Crippen molar-refractivity contribution in [2.24, 2.45) is 0 Å². The van der Waals surface area contributed by atoms with Gasteiger partial charge in [-0.1, -0.05) is 96.7 Å². The first-order valence-electron chi connectivity index (χ1n) is 12.8. The van der Waals surface area contributed by atoms with Crippen molar-refractivity contribution in [2.45, 2.75) is 38.8 Å². The van der Waals surface area contributed by atoms with E-state index in [0.29, 0.717) is 17.1 Å². The molecular formula is C29H32Cl3N3O4S. The highest BCUT2D eigenvalue weighted by Crippen LogP contribution is 2.34. The zero-order valence-electron chi connectivity index (χ0n) is 22.3. The number of amides is 2. The second kappa shape index (κ2) is 14.7. The Kier molecular flexibility index (Phi) is 11.7. The molecule has 7 nitrogen and oxygen atoms in total. The van der Waals surface area contributed by atoms with E-state index in [-0.39, 0.29) is 34.6 Å². The summed E-state index contributed by atoms with van der Waals surface area (Å²) in [5, 5.41) is 3.56. The molecule has 214 valence electrons. The third kappa shape index (κ3) is 8.86. The molecule has 0 aliphatic rings. The molecule has 0 fully saturated rings. The highest BCUT2D eigenvalue weighted by molar-refractivity contribution is 7.92. The van der Waals surface area contributed by atoms with Gasteiger partial charge in [0.15, 0.2) is 0 Å². The Morgan fingerprint density at radius 1 is 0.925 bits per heavy atom. The average molecular weight is 625 g/mol. The highest BCUT2D eigenvalue weighted by Gasteiger charge is 2.33. The summed E-state index contributed by atoms with van der Waals surface area (Å²) in [5.74, 6) is -0.924. The smallest absolute Gasteiger partial charge is 0.244 e. The Hall–Kier alpha value is -2.78. The minimum Gasteiger partial charge on any atom is -0.354 e. The SMILES string of the molecule is CCCCNC(=O)[C@H](Cc1ccccc1)N(Cc1cccc(Cl)c1)C(=O)CN(c1cccc(Cl)c1Cl)S(C)(=O)=O. The predicted molar refractivity (Wildman–Crippen MR) is 163 cm³/mol. The summed E-state index contributed by atoms with van der Waals surface area (Å²) in [4.78, 5) is 29.0. The van der Waals surface area contributed by atoms with Crippen LogP contribution >= 0.6 is 34.8 Å². The molecule has 0 bridgehead atoms. The van der Waals surface area contributed by atoms with Crippen molar-refractivity contribution in [3.63, 3.8) is 0 Å². The number of hydrogen-bond acceptors (Lipinski definition) is 4. The highest BCUT2D eigenvalue weighted by atomic mass is 35.5. The summed E-state index contributed by atoms with van der Waals surface area (Å²) in [6, 6.07) is 19.9. The number of unbranched alkanes of at least 4 members (excludes halogenated alkanes) is 1. The van der Waals surface area contributed by atoms with Crippen LogP contribution in [-0.2, 0) is 32.6 Å². The average Bonchev–Trinajstić information content (AvgIpc) is 2.91. The summed E-state index contributed by atoms with van der Waals surface area (Å²) in [7, 11) is -3.97. The van der Waals surface area contributed by atoms with Crippen LogP contribution in [0, 0.1) is 0 Å². The van der Waals surface area contributed by atoms with Gasteiger partial charge in [0.1, 0.15) is 12.6 Å². The molecule has 0 unspecified atom stereocenters. The van der Waals surface area contributed by atoms with Crippen LogP contribution in [-0.4, -0.2) is 50.5 Å². The van der Waals surface area contributed by atoms with Gasteiger partial charge in [-0.25, -0.2) is 8.42 Å². The monoisotopic (exact) mass is 623 g/mol. The van der Waals surface area contributed by atoms with Crippen LogP contribution < -0.4 is 9.62 Å². The Morgan fingerprint density at radius 2 is 1.60 bits per heavy atom. The summed E-state index contributed by atoms with van der Waals surface area (Å²) >= 11 is 18.7. The van der Waals surface area contributed by atoms with E-state index in [4.69, 9.17) is 34.8 Å². The number of halogens is 3. The Bertz CT molecular complexity index is 1420. The van der Waals surface area contributed by atoms with Crippen LogP contribution in [0.1, 0.15) is 30.9 Å². The fourth-order valence-corrected chi connectivity index (χ4v) is 5.69. The lowest BCUT2D eigenvalue weighted by Gasteiger charge is -2.33. The van der Waals surface area contributed by atoms with Crippen molar-refractivity contribution in [3.05, 3.63) is 99.0 Å². The molecule has 3 aromatic rings. The fourth-order valence-electron chi connectivity index (χ4n) is 4.17. The van der Waals surface area contributed by atoms with E-state index >= 15 is 0 Å².